The first-order valence-electron chi connectivity index (χ1n) is 6.49. The summed E-state index contributed by atoms with van der Waals surface area (Å²) in [5.74, 6) is -0.461. The topological polar surface area (TPSA) is 50.4 Å². The van der Waals surface area contributed by atoms with Crippen molar-refractivity contribution < 1.29 is 18.3 Å². The van der Waals surface area contributed by atoms with Gasteiger partial charge in [-0.2, -0.15) is 8.78 Å². The molecule has 0 bridgehead atoms. The van der Waals surface area contributed by atoms with E-state index in [0.29, 0.717) is 10.7 Å². The molecule has 2 N–H and O–H groups in total. The summed E-state index contributed by atoms with van der Waals surface area (Å²) in [5.41, 5.74) is 0.642. The number of alkyl halides is 2. The van der Waals surface area contributed by atoms with E-state index >= 15 is 0 Å². The van der Waals surface area contributed by atoms with Gasteiger partial charge < -0.3 is 15.4 Å². The number of hydrogen-bond acceptors (Lipinski definition) is 3. The summed E-state index contributed by atoms with van der Waals surface area (Å²) in [4.78, 5) is 11.9. The Labute approximate surface area is 141 Å². The number of carbonyl (C=O) groups is 1. The van der Waals surface area contributed by atoms with Crippen LogP contribution in [0, 0.1) is 0 Å². The Balaban J connectivity index is 1.98. The minimum absolute atomic E-state index is 0.0453. The number of ether oxygens (including phenoxy) is 1. The number of amides is 1. The number of benzene rings is 2. The fraction of sp³-hybridized carbons (Fsp3) is 0.133. The first kappa shape index (κ1) is 17.3. The molecule has 1 amide bonds. The molecule has 8 heteroatoms. The normalized spacial score (nSPS) is 10.5. The van der Waals surface area contributed by atoms with Crippen LogP contribution < -0.4 is 15.4 Å². The monoisotopic (exact) mass is 360 g/mol. The molecule has 2 aromatic rings. The fourth-order valence-electron chi connectivity index (χ4n) is 1.78. The molecule has 23 heavy (non-hydrogen) atoms. The van der Waals surface area contributed by atoms with Crippen LogP contribution in [0.2, 0.25) is 10.0 Å². The molecular weight excluding hydrogens is 349 g/mol. The lowest BCUT2D eigenvalue weighted by Gasteiger charge is -2.13. The summed E-state index contributed by atoms with van der Waals surface area (Å²) < 4.78 is 29.0. The summed E-state index contributed by atoms with van der Waals surface area (Å²) in [6.45, 7) is -3.11. The molecular formula is C15H12Cl2F2N2O2. The number of halogens is 4. The maximum absolute atomic E-state index is 12.3. The van der Waals surface area contributed by atoms with Crippen molar-refractivity contribution in [1.29, 1.82) is 0 Å². The average Bonchev–Trinajstić information content (AvgIpc) is 2.50. The lowest BCUT2D eigenvalue weighted by molar-refractivity contribution is -0.114. The standard InChI is InChI=1S/C15H12Cl2F2N2O2/c16-9-4-3-6-11(14(9)17)21-13(22)8-20-10-5-1-2-7-12(10)23-15(18)19/h1-7,15,20H,8H2,(H,21,22). The largest absolute Gasteiger partial charge is 0.433 e. The van der Waals surface area contributed by atoms with Crippen LogP contribution in [0.5, 0.6) is 5.75 Å². The predicted molar refractivity (Wildman–Crippen MR) is 86.7 cm³/mol. The first-order chi connectivity index (χ1) is 11.0. The second kappa shape index (κ2) is 7.99. The number of carbonyl (C=O) groups excluding carboxylic acids is 1. The van der Waals surface area contributed by atoms with Crippen LogP contribution in [-0.4, -0.2) is 19.1 Å². The Morgan fingerprint density at radius 1 is 1.09 bits per heavy atom. The first-order valence-corrected chi connectivity index (χ1v) is 7.24. The third kappa shape index (κ3) is 4.97. The van der Waals surface area contributed by atoms with E-state index in [0.717, 1.165) is 0 Å². The summed E-state index contributed by atoms with van der Waals surface area (Å²) in [5, 5.41) is 5.84. The van der Waals surface area contributed by atoms with E-state index < -0.39 is 12.5 Å². The SMILES string of the molecule is O=C(CNc1ccccc1OC(F)F)Nc1cccc(Cl)c1Cl. The molecule has 0 aliphatic rings. The highest BCUT2D eigenvalue weighted by Crippen LogP contribution is 2.29. The van der Waals surface area contributed by atoms with Crippen LogP contribution in [0.15, 0.2) is 42.5 Å². The second-order valence-corrected chi connectivity index (χ2v) is 5.16. The second-order valence-electron chi connectivity index (χ2n) is 4.38. The van der Waals surface area contributed by atoms with E-state index in [1.165, 1.54) is 12.1 Å². The van der Waals surface area contributed by atoms with Crippen LogP contribution in [-0.2, 0) is 4.79 Å². The van der Waals surface area contributed by atoms with Crippen molar-refractivity contribution in [2.45, 2.75) is 6.61 Å². The predicted octanol–water partition coefficient (Wildman–Crippen LogP) is 4.65. The van der Waals surface area contributed by atoms with Gasteiger partial charge in [-0.05, 0) is 24.3 Å². The van der Waals surface area contributed by atoms with Crippen molar-refractivity contribution in [1.82, 2.24) is 0 Å². The lowest BCUT2D eigenvalue weighted by Crippen LogP contribution is -2.22. The molecule has 122 valence electrons. The van der Waals surface area contributed by atoms with Gasteiger partial charge in [0.05, 0.1) is 28.0 Å². The van der Waals surface area contributed by atoms with E-state index in [1.807, 2.05) is 0 Å². The lowest BCUT2D eigenvalue weighted by atomic mass is 10.3. The molecule has 0 aliphatic heterocycles. The van der Waals surface area contributed by atoms with Gasteiger partial charge in [0.25, 0.3) is 0 Å². The van der Waals surface area contributed by atoms with Gasteiger partial charge in [0, 0.05) is 0 Å². The summed E-state index contributed by atoms with van der Waals surface area (Å²) in [6, 6.07) is 10.9. The Morgan fingerprint density at radius 2 is 1.78 bits per heavy atom. The van der Waals surface area contributed by atoms with E-state index in [2.05, 4.69) is 15.4 Å². The van der Waals surface area contributed by atoms with Crippen LogP contribution in [0.3, 0.4) is 0 Å². The molecule has 2 rings (SSSR count). The molecule has 0 saturated carbocycles. The van der Waals surface area contributed by atoms with Crippen molar-refractivity contribution in [2.75, 3.05) is 17.2 Å². The zero-order chi connectivity index (χ0) is 16.8. The number of anilines is 2. The van der Waals surface area contributed by atoms with E-state index in [9.17, 15) is 13.6 Å². The zero-order valence-corrected chi connectivity index (χ0v) is 13.2. The van der Waals surface area contributed by atoms with Crippen LogP contribution in [0.1, 0.15) is 0 Å². The third-order valence-corrected chi connectivity index (χ3v) is 3.59. The van der Waals surface area contributed by atoms with Crippen LogP contribution >= 0.6 is 23.2 Å². The Bertz CT molecular complexity index is 699. The van der Waals surface area contributed by atoms with Gasteiger partial charge in [-0.3, -0.25) is 4.79 Å². The van der Waals surface area contributed by atoms with Crippen molar-refractivity contribution in [3.63, 3.8) is 0 Å². The van der Waals surface area contributed by atoms with Gasteiger partial charge in [-0.1, -0.05) is 41.4 Å². The Morgan fingerprint density at radius 3 is 2.52 bits per heavy atom. The zero-order valence-electron chi connectivity index (χ0n) is 11.7. The molecule has 0 radical (unpaired) electrons. The van der Waals surface area contributed by atoms with Crippen molar-refractivity contribution in [3.8, 4) is 5.75 Å². The van der Waals surface area contributed by atoms with Crippen molar-refractivity contribution >= 4 is 40.5 Å². The minimum Gasteiger partial charge on any atom is -0.433 e. The molecule has 4 nitrogen and oxygen atoms in total. The number of rotatable bonds is 6. The van der Waals surface area contributed by atoms with Crippen molar-refractivity contribution in [2.24, 2.45) is 0 Å². The number of hydrogen-bond donors (Lipinski definition) is 2. The van der Waals surface area contributed by atoms with E-state index in [4.69, 9.17) is 23.2 Å². The highest BCUT2D eigenvalue weighted by atomic mass is 35.5. The van der Waals surface area contributed by atoms with Gasteiger partial charge in [0.1, 0.15) is 5.75 Å². The summed E-state index contributed by atoms with van der Waals surface area (Å²) in [7, 11) is 0. The summed E-state index contributed by atoms with van der Waals surface area (Å²) in [6.07, 6.45) is 0. The van der Waals surface area contributed by atoms with Gasteiger partial charge in [0.2, 0.25) is 5.91 Å². The highest BCUT2D eigenvalue weighted by molar-refractivity contribution is 6.44. The third-order valence-electron chi connectivity index (χ3n) is 2.77. The maximum Gasteiger partial charge on any atom is 0.387 e. The number of para-hydroxylation sites is 2. The Hall–Kier alpha value is -2.05. The van der Waals surface area contributed by atoms with Crippen LogP contribution in [0.25, 0.3) is 0 Å². The quantitative estimate of drug-likeness (QED) is 0.788. The summed E-state index contributed by atoms with van der Waals surface area (Å²) >= 11 is 11.8. The van der Waals surface area contributed by atoms with Gasteiger partial charge >= 0.3 is 6.61 Å². The molecule has 0 aromatic heterocycles. The molecule has 2 aromatic carbocycles. The van der Waals surface area contributed by atoms with Gasteiger partial charge in [-0.15, -0.1) is 0 Å². The molecule has 0 atom stereocenters. The van der Waals surface area contributed by atoms with Crippen LogP contribution in [0.4, 0.5) is 20.2 Å². The van der Waals surface area contributed by atoms with Crippen molar-refractivity contribution in [3.05, 3.63) is 52.5 Å². The molecule has 0 unspecified atom stereocenters. The fourth-order valence-corrected chi connectivity index (χ4v) is 2.13. The molecule has 0 aliphatic carbocycles. The average molecular weight is 361 g/mol. The highest BCUT2D eigenvalue weighted by Gasteiger charge is 2.11. The molecule has 0 heterocycles. The van der Waals surface area contributed by atoms with Gasteiger partial charge in [-0.25, -0.2) is 0 Å². The molecule has 0 fully saturated rings. The smallest absolute Gasteiger partial charge is 0.387 e. The minimum atomic E-state index is -2.95. The van der Waals surface area contributed by atoms with E-state index in [-0.39, 0.29) is 23.0 Å². The Kier molecular flexibility index (Phi) is 6.01. The maximum atomic E-state index is 12.3. The number of nitrogens with one attached hydrogen (secondary N) is 2. The molecule has 0 saturated heterocycles. The van der Waals surface area contributed by atoms with Gasteiger partial charge in [0.15, 0.2) is 0 Å². The van der Waals surface area contributed by atoms with E-state index in [1.54, 1.807) is 30.3 Å². The molecule has 0 spiro atoms.